The Bertz CT molecular complexity index is 414. The summed E-state index contributed by atoms with van der Waals surface area (Å²) in [5.41, 5.74) is 2.10. The van der Waals surface area contributed by atoms with Crippen LogP contribution in [0, 0.1) is 0 Å². The number of pyridine rings is 1. The molecule has 0 aromatic carbocycles. The van der Waals surface area contributed by atoms with Gasteiger partial charge in [-0.05, 0) is 17.5 Å². The van der Waals surface area contributed by atoms with E-state index in [0.717, 1.165) is 11.4 Å². The Morgan fingerprint density at radius 2 is 2.33 bits per heavy atom. The number of ether oxygens (including phenoxy) is 1. The summed E-state index contributed by atoms with van der Waals surface area (Å²) in [5.74, 6) is 0.652. The number of aromatic nitrogens is 1. The lowest BCUT2D eigenvalue weighted by Gasteiger charge is -2.04. The minimum Gasteiger partial charge on any atom is -0.481 e. The summed E-state index contributed by atoms with van der Waals surface area (Å²) < 4.78 is 5.06. The monoisotopic (exact) mass is 220 g/mol. The Kier molecular flexibility index (Phi) is 3.19. The predicted octanol–water partition coefficient (Wildman–Crippen LogP) is 2.76. The fraction of sp³-hybridized carbons (Fsp3) is 0.182. The number of rotatable bonds is 4. The highest BCUT2D eigenvalue weighted by molar-refractivity contribution is 7.08. The highest BCUT2D eigenvalue weighted by Crippen LogP contribution is 2.13. The smallest absolute Gasteiger partial charge is 0.213 e. The molecule has 2 aromatic heterocycles. The van der Waals surface area contributed by atoms with Gasteiger partial charge < -0.3 is 10.1 Å². The summed E-state index contributed by atoms with van der Waals surface area (Å²) >= 11 is 1.67. The maximum atomic E-state index is 5.06. The number of hydrogen-bond acceptors (Lipinski definition) is 4. The predicted molar refractivity (Wildman–Crippen MR) is 62.4 cm³/mol. The van der Waals surface area contributed by atoms with Gasteiger partial charge >= 0.3 is 0 Å². The summed E-state index contributed by atoms with van der Waals surface area (Å²) in [4.78, 5) is 4.31. The summed E-state index contributed by atoms with van der Waals surface area (Å²) in [6, 6.07) is 7.80. The van der Waals surface area contributed by atoms with Gasteiger partial charge in [0, 0.05) is 17.1 Å². The number of methoxy groups -OCH3 is 1. The molecule has 0 radical (unpaired) electrons. The van der Waals surface area contributed by atoms with Gasteiger partial charge in [0.2, 0.25) is 5.88 Å². The van der Waals surface area contributed by atoms with Crippen LogP contribution in [0.4, 0.5) is 5.69 Å². The Hall–Kier alpha value is -1.55. The number of nitrogens with one attached hydrogen (secondary N) is 1. The van der Waals surface area contributed by atoms with Crippen molar-refractivity contribution < 1.29 is 4.74 Å². The number of anilines is 1. The minimum absolute atomic E-state index is 0.652. The standard InChI is InChI=1S/C11H12N2OS/c1-14-11-4-2-3-9(13-11)7-12-10-5-6-15-8-10/h2-6,8,12H,7H2,1H3. The van der Waals surface area contributed by atoms with E-state index in [9.17, 15) is 0 Å². The minimum atomic E-state index is 0.652. The van der Waals surface area contributed by atoms with Crippen LogP contribution in [0.2, 0.25) is 0 Å². The third-order valence-corrected chi connectivity index (χ3v) is 2.67. The van der Waals surface area contributed by atoms with Crippen LogP contribution in [0.5, 0.6) is 5.88 Å². The zero-order valence-electron chi connectivity index (χ0n) is 8.43. The van der Waals surface area contributed by atoms with Crippen LogP contribution < -0.4 is 10.1 Å². The molecular weight excluding hydrogens is 208 g/mol. The maximum Gasteiger partial charge on any atom is 0.213 e. The molecule has 0 unspecified atom stereocenters. The second kappa shape index (κ2) is 4.79. The molecule has 0 aliphatic rings. The van der Waals surface area contributed by atoms with Crippen molar-refractivity contribution in [2.45, 2.75) is 6.54 Å². The molecule has 0 aliphatic carbocycles. The molecule has 15 heavy (non-hydrogen) atoms. The SMILES string of the molecule is COc1cccc(CNc2ccsc2)n1. The van der Waals surface area contributed by atoms with E-state index in [4.69, 9.17) is 4.74 Å². The fourth-order valence-electron chi connectivity index (χ4n) is 1.23. The largest absolute Gasteiger partial charge is 0.481 e. The number of thiophene rings is 1. The van der Waals surface area contributed by atoms with Crippen LogP contribution in [-0.4, -0.2) is 12.1 Å². The normalized spacial score (nSPS) is 9.93. The lowest BCUT2D eigenvalue weighted by Crippen LogP contribution is -2.01. The number of nitrogens with zero attached hydrogens (tertiary/aromatic N) is 1. The molecule has 0 saturated carbocycles. The summed E-state index contributed by atoms with van der Waals surface area (Å²) in [7, 11) is 1.62. The molecule has 78 valence electrons. The Balaban J connectivity index is 1.98. The van der Waals surface area contributed by atoms with Crippen molar-refractivity contribution in [1.82, 2.24) is 4.98 Å². The van der Waals surface area contributed by atoms with E-state index < -0.39 is 0 Å². The van der Waals surface area contributed by atoms with Crippen LogP contribution in [0.25, 0.3) is 0 Å². The third-order valence-electron chi connectivity index (χ3n) is 1.99. The van der Waals surface area contributed by atoms with E-state index in [2.05, 4.69) is 15.7 Å². The van der Waals surface area contributed by atoms with E-state index in [-0.39, 0.29) is 0 Å². The van der Waals surface area contributed by atoms with Gasteiger partial charge in [-0.1, -0.05) is 6.07 Å². The van der Waals surface area contributed by atoms with E-state index in [1.165, 1.54) is 0 Å². The van der Waals surface area contributed by atoms with Crippen molar-refractivity contribution in [3.05, 3.63) is 40.7 Å². The molecule has 1 N–H and O–H groups in total. The first-order valence-electron chi connectivity index (χ1n) is 4.64. The second-order valence-corrected chi connectivity index (χ2v) is 3.82. The van der Waals surface area contributed by atoms with E-state index in [1.807, 2.05) is 29.6 Å². The van der Waals surface area contributed by atoms with Crippen LogP contribution >= 0.6 is 11.3 Å². The average molecular weight is 220 g/mol. The van der Waals surface area contributed by atoms with Gasteiger partial charge in [-0.25, -0.2) is 4.98 Å². The van der Waals surface area contributed by atoms with Gasteiger partial charge in [-0.2, -0.15) is 11.3 Å². The van der Waals surface area contributed by atoms with Crippen molar-refractivity contribution in [3.63, 3.8) is 0 Å². The van der Waals surface area contributed by atoms with Crippen LogP contribution in [0.1, 0.15) is 5.69 Å². The van der Waals surface area contributed by atoms with E-state index in [1.54, 1.807) is 18.4 Å². The highest BCUT2D eigenvalue weighted by atomic mass is 32.1. The Morgan fingerprint density at radius 1 is 1.40 bits per heavy atom. The van der Waals surface area contributed by atoms with Crippen molar-refractivity contribution in [1.29, 1.82) is 0 Å². The summed E-state index contributed by atoms with van der Waals surface area (Å²) in [6.45, 7) is 0.716. The highest BCUT2D eigenvalue weighted by Gasteiger charge is 1.97. The molecule has 0 atom stereocenters. The lowest BCUT2D eigenvalue weighted by molar-refractivity contribution is 0.396. The quantitative estimate of drug-likeness (QED) is 0.860. The lowest BCUT2D eigenvalue weighted by atomic mass is 10.3. The zero-order chi connectivity index (χ0) is 10.5. The molecule has 0 amide bonds. The van der Waals surface area contributed by atoms with Crippen LogP contribution in [0.3, 0.4) is 0 Å². The zero-order valence-corrected chi connectivity index (χ0v) is 9.25. The van der Waals surface area contributed by atoms with E-state index in [0.29, 0.717) is 12.4 Å². The molecule has 2 heterocycles. The molecule has 2 aromatic rings. The van der Waals surface area contributed by atoms with Crippen LogP contribution in [0.15, 0.2) is 35.0 Å². The topological polar surface area (TPSA) is 34.1 Å². The molecule has 0 spiro atoms. The van der Waals surface area contributed by atoms with Gasteiger partial charge in [0.15, 0.2) is 0 Å². The molecule has 0 aliphatic heterocycles. The van der Waals surface area contributed by atoms with Gasteiger partial charge in [-0.3, -0.25) is 0 Å². The van der Waals surface area contributed by atoms with Gasteiger partial charge in [0.05, 0.1) is 19.3 Å². The maximum absolute atomic E-state index is 5.06. The first-order valence-corrected chi connectivity index (χ1v) is 5.59. The molecular formula is C11H12N2OS. The molecule has 0 bridgehead atoms. The van der Waals surface area contributed by atoms with Crippen molar-refractivity contribution in [2.24, 2.45) is 0 Å². The Morgan fingerprint density at radius 3 is 3.07 bits per heavy atom. The third kappa shape index (κ3) is 2.70. The molecule has 2 rings (SSSR count). The number of hydrogen-bond donors (Lipinski definition) is 1. The molecule has 0 saturated heterocycles. The van der Waals surface area contributed by atoms with Crippen molar-refractivity contribution in [2.75, 3.05) is 12.4 Å². The summed E-state index contributed by atoms with van der Waals surface area (Å²) in [6.07, 6.45) is 0. The Labute approximate surface area is 92.7 Å². The molecule has 4 heteroatoms. The fourth-order valence-corrected chi connectivity index (χ4v) is 1.84. The van der Waals surface area contributed by atoms with Gasteiger partial charge in [0.1, 0.15) is 0 Å². The average Bonchev–Trinajstić information content (AvgIpc) is 2.79. The van der Waals surface area contributed by atoms with Gasteiger partial charge in [0.25, 0.3) is 0 Å². The van der Waals surface area contributed by atoms with Crippen molar-refractivity contribution in [3.8, 4) is 5.88 Å². The first-order chi connectivity index (χ1) is 7.38. The van der Waals surface area contributed by atoms with Gasteiger partial charge in [-0.15, -0.1) is 0 Å². The van der Waals surface area contributed by atoms with E-state index >= 15 is 0 Å². The summed E-state index contributed by atoms with van der Waals surface area (Å²) in [5, 5.41) is 7.40. The van der Waals surface area contributed by atoms with Crippen molar-refractivity contribution >= 4 is 17.0 Å². The molecule has 3 nitrogen and oxygen atoms in total. The first kappa shape index (κ1) is 9.98. The van der Waals surface area contributed by atoms with Crippen LogP contribution in [-0.2, 0) is 6.54 Å². The second-order valence-electron chi connectivity index (χ2n) is 3.04. The molecule has 0 fully saturated rings.